The number of benzene rings is 2. The van der Waals surface area contributed by atoms with Gasteiger partial charge in [-0.1, -0.05) is 12.1 Å². The molecule has 6 rings (SSSR count). The number of halogens is 5. The van der Waals surface area contributed by atoms with Crippen LogP contribution in [0.3, 0.4) is 0 Å². The van der Waals surface area contributed by atoms with Crippen LogP contribution < -0.4 is 9.80 Å². The number of nitrogens with zero attached hydrogens (tertiary/aromatic N) is 5. The summed E-state index contributed by atoms with van der Waals surface area (Å²) in [6.45, 7) is 0.469. The zero-order valence-corrected chi connectivity index (χ0v) is 21.1. The number of fused-ring (bicyclic) bond motifs is 1. The monoisotopic (exact) mass is 547 g/mol. The van der Waals surface area contributed by atoms with Crippen LogP contribution in [0.5, 0.6) is 0 Å². The van der Waals surface area contributed by atoms with Gasteiger partial charge in [0.05, 0.1) is 25.3 Å². The molecule has 3 aliphatic rings. The van der Waals surface area contributed by atoms with Crippen molar-refractivity contribution in [2.75, 3.05) is 36.1 Å². The Morgan fingerprint density at radius 2 is 1.79 bits per heavy atom. The van der Waals surface area contributed by atoms with Crippen molar-refractivity contribution >= 4 is 17.3 Å². The molecule has 1 aromatic heterocycles. The molecule has 0 aliphatic carbocycles. The lowest BCUT2D eigenvalue weighted by atomic mass is 9.75. The minimum absolute atomic E-state index is 0.0525. The van der Waals surface area contributed by atoms with E-state index in [-0.39, 0.29) is 36.4 Å². The molecule has 3 aromatic rings. The first-order chi connectivity index (χ1) is 18.5. The van der Waals surface area contributed by atoms with E-state index in [1.54, 1.807) is 18.5 Å². The van der Waals surface area contributed by atoms with Crippen LogP contribution in [0.15, 0.2) is 42.7 Å². The molecule has 2 saturated heterocycles. The van der Waals surface area contributed by atoms with Crippen LogP contribution in [-0.4, -0.2) is 52.9 Å². The minimum Gasteiger partial charge on any atom is -0.379 e. The Bertz CT molecular complexity index is 1420. The molecule has 4 heterocycles. The molecule has 39 heavy (non-hydrogen) atoms. The topological polar surface area (TPSA) is 63.5 Å². The van der Waals surface area contributed by atoms with Crippen LogP contribution in [0.1, 0.15) is 45.7 Å². The number of rotatable bonds is 5. The largest absolute Gasteiger partial charge is 0.416 e. The van der Waals surface area contributed by atoms with E-state index in [1.807, 2.05) is 23.7 Å². The number of anilines is 2. The van der Waals surface area contributed by atoms with Crippen LogP contribution in [0.2, 0.25) is 0 Å². The first kappa shape index (κ1) is 25.7. The Morgan fingerprint density at radius 3 is 2.41 bits per heavy atom. The molecule has 0 spiro atoms. The molecule has 206 valence electrons. The van der Waals surface area contributed by atoms with Gasteiger partial charge in [-0.05, 0) is 35.4 Å². The molecule has 0 atom stereocenters. The molecule has 2 aromatic carbocycles. The predicted octanol–water partition coefficient (Wildman–Crippen LogP) is 4.74. The van der Waals surface area contributed by atoms with Gasteiger partial charge in [-0.25, -0.2) is 8.78 Å². The van der Waals surface area contributed by atoms with Gasteiger partial charge in [-0.3, -0.25) is 4.79 Å². The summed E-state index contributed by atoms with van der Waals surface area (Å²) in [4.78, 5) is 16.4. The number of alkyl halides is 5. The van der Waals surface area contributed by atoms with Gasteiger partial charge in [-0.2, -0.15) is 13.2 Å². The molecule has 7 nitrogen and oxygen atoms in total. The van der Waals surface area contributed by atoms with Crippen LogP contribution in [0.4, 0.5) is 33.3 Å². The van der Waals surface area contributed by atoms with E-state index in [1.165, 1.54) is 15.9 Å². The van der Waals surface area contributed by atoms with Gasteiger partial charge in [0.25, 0.3) is 11.8 Å². The number of carbonyl (C=O) groups excluding carboxylic acids is 1. The molecule has 0 N–H and O–H groups in total. The average molecular weight is 548 g/mol. The molecule has 12 heteroatoms. The van der Waals surface area contributed by atoms with E-state index in [2.05, 4.69) is 10.2 Å². The summed E-state index contributed by atoms with van der Waals surface area (Å²) >= 11 is 0. The maximum absolute atomic E-state index is 14.2. The molecule has 0 radical (unpaired) electrons. The van der Waals surface area contributed by atoms with E-state index in [0.29, 0.717) is 25.3 Å². The second-order valence-corrected chi connectivity index (χ2v) is 10.6. The molecule has 0 unspecified atom stereocenters. The minimum atomic E-state index is -4.71. The fourth-order valence-corrected chi connectivity index (χ4v) is 5.62. The lowest BCUT2D eigenvalue weighted by molar-refractivity contribution is -0.138. The van der Waals surface area contributed by atoms with E-state index in [0.717, 1.165) is 17.5 Å². The summed E-state index contributed by atoms with van der Waals surface area (Å²) < 4.78 is 77.2. The van der Waals surface area contributed by atoms with Gasteiger partial charge < -0.3 is 19.1 Å². The van der Waals surface area contributed by atoms with Gasteiger partial charge in [0, 0.05) is 61.8 Å². The third kappa shape index (κ3) is 4.54. The van der Waals surface area contributed by atoms with Crippen LogP contribution >= 0.6 is 0 Å². The quantitative estimate of drug-likeness (QED) is 0.432. The third-order valence-corrected chi connectivity index (χ3v) is 8.02. The summed E-state index contributed by atoms with van der Waals surface area (Å²) in [5, 5.41) is 8.11. The number of piperidine rings is 1. The van der Waals surface area contributed by atoms with Crippen molar-refractivity contribution in [1.82, 2.24) is 14.8 Å². The number of amides is 1. The SMILES string of the molecule is Cn1cnnc1CC1(c2cccc(N3Cc4c(cc(N5CCC(F)(F)CC5)cc4C(F)(F)F)C3=O)c2)COC1. The lowest BCUT2D eigenvalue weighted by Crippen LogP contribution is -2.49. The molecule has 3 aliphatic heterocycles. The molecular weight excluding hydrogens is 521 g/mol. The second kappa shape index (κ2) is 9.00. The van der Waals surface area contributed by atoms with E-state index in [4.69, 9.17) is 4.74 Å². The van der Waals surface area contributed by atoms with Gasteiger partial charge in [0.1, 0.15) is 12.2 Å². The fraction of sp³-hybridized carbons (Fsp3) is 0.444. The summed E-state index contributed by atoms with van der Waals surface area (Å²) in [5.74, 6) is -2.62. The molecule has 0 saturated carbocycles. The summed E-state index contributed by atoms with van der Waals surface area (Å²) in [6, 6.07) is 9.61. The van der Waals surface area contributed by atoms with Gasteiger partial charge in [-0.15, -0.1) is 10.2 Å². The normalized spacial score (nSPS) is 20.2. The van der Waals surface area contributed by atoms with Crippen molar-refractivity contribution in [2.24, 2.45) is 7.05 Å². The highest BCUT2D eigenvalue weighted by Crippen LogP contribution is 2.43. The van der Waals surface area contributed by atoms with Crippen molar-refractivity contribution in [3.8, 4) is 0 Å². The average Bonchev–Trinajstić information content (AvgIpc) is 3.42. The number of carbonyl (C=O) groups is 1. The number of hydrogen-bond donors (Lipinski definition) is 0. The molecule has 0 bridgehead atoms. The fourth-order valence-electron chi connectivity index (χ4n) is 5.62. The summed E-state index contributed by atoms with van der Waals surface area (Å²) in [5.41, 5.74) is 0.0372. The maximum Gasteiger partial charge on any atom is 0.416 e. The number of aryl methyl sites for hydroxylation is 1. The Balaban J connectivity index is 1.33. The molecular formula is C27H26F5N5O2. The zero-order valence-electron chi connectivity index (χ0n) is 21.1. The van der Waals surface area contributed by atoms with Crippen LogP contribution in [-0.2, 0) is 36.3 Å². The standard InChI is InChI=1S/C27H26F5N5O2/c1-35-16-33-34-23(35)12-25(14-39-15-25)17-3-2-4-18(9-17)37-13-21-20(24(37)38)10-19(11-22(21)27(30,31)32)36-7-5-26(28,29)6-8-36/h2-4,9-11,16H,5-8,12-15H2,1H3. The Labute approximate surface area is 221 Å². The number of aromatic nitrogens is 3. The number of ether oxygens (including phenoxy) is 1. The van der Waals surface area contributed by atoms with Crippen LogP contribution in [0.25, 0.3) is 0 Å². The van der Waals surface area contributed by atoms with Gasteiger partial charge >= 0.3 is 6.18 Å². The van der Waals surface area contributed by atoms with Gasteiger partial charge in [0.2, 0.25) is 0 Å². The highest BCUT2D eigenvalue weighted by molar-refractivity contribution is 6.11. The van der Waals surface area contributed by atoms with Crippen molar-refractivity contribution in [3.05, 3.63) is 70.8 Å². The highest BCUT2D eigenvalue weighted by Gasteiger charge is 2.44. The maximum atomic E-state index is 14.2. The van der Waals surface area contributed by atoms with Crippen LogP contribution in [0, 0.1) is 0 Å². The Kier molecular flexibility index (Phi) is 5.94. The van der Waals surface area contributed by atoms with Crippen molar-refractivity contribution in [1.29, 1.82) is 0 Å². The van der Waals surface area contributed by atoms with Crippen molar-refractivity contribution in [3.63, 3.8) is 0 Å². The zero-order chi connectivity index (χ0) is 27.6. The second-order valence-electron chi connectivity index (χ2n) is 10.6. The van der Waals surface area contributed by atoms with E-state index in [9.17, 15) is 26.7 Å². The van der Waals surface area contributed by atoms with E-state index >= 15 is 0 Å². The first-order valence-electron chi connectivity index (χ1n) is 12.7. The third-order valence-electron chi connectivity index (χ3n) is 8.02. The smallest absolute Gasteiger partial charge is 0.379 e. The van der Waals surface area contributed by atoms with Crippen molar-refractivity contribution in [2.45, 2.75) is 43.3 Å². The summed E-state index contributed by atoms with van der Waals surface area (Å²) in [6.07, 6.45) is -3.43. The molecule has 1 amide bonds. The highest BCUT2D eigenvalue weighted by atomic mass is 19.4. The first-order valence-corrected chi connectivity index (χ1v) is 12.7. The summed E-state index contributed by atoms with van der Waals surface area (Å²) in [7, 11) is 1.85. The molecule has 2 fully saturated rings. The van der Waals surface area contributed by atoms with Crippen molar-refractivity contribution < 1.29 is 31.5 Å². The van der Waals surface area contributed by atoms with E-state index < -0.39 is 41.8 Å². The van der Waals surface area contributed by atoms with Gasteiger partial charge in [0.15, 0.2) is 0 Å². The lowest BCUT2D eigenvalue weighted by Gasteiger charge is -2.42. The number of hydrogen-bond acceptors (Lipinski definition) is 5. The Morgan fingerprint density at radius 1 is 1.05 bits per heavy atom. The Hall–Kier alpha value is -3.54. The predicted molar refractivity (Wildman–Crippen MR) is 132 cm³/mol.